The van der Waals surface area contributed by atoms with Crippen molar-refractivity contribution in [2.24, 2.45) is 7.05 Å². The number of sulfonamides is 1. The lowest BCUT2D eigenvalue weighted by Crippen LogP contribution is -2.23. The first-order valence-electron chi connectivity index (χ1n) is 6.68. The molecule has 0 bridgehead atoms. The van der Waals surface area contributed by atoms with Crippen LogP contribution in [0.5, 0.6) is 0 Å². The van der Waals surface area contributed by atoms with Crippen LogP contribution in [-0.2, 0) is 23.6 Å². The minimum Gasteiger partial charge on any atom is -0.370 e. The van der Waals surface area contributed by atoms with E-state index in [2.05, 4.69) is 20.1 Å². The number of hydrogen-bond donors (Lipinski definition) is 2. The maximum absolute atomic E-state index is 12.1. The minimum atomic E-state index is -3.56. The van der Waals surface area contributed by atoms with Crippen LogP contribution in [0.25, 0.3) is 0 Å². The van der Waals surface area contributed by atoms with E-state index in [4.69, 9.17) is 0 Å². The molecule has 0 aliphatic heterocycles. The van der Waals surface area contributed by atoms with Gasteiger partial charge in [-0.3, -0.25) is 4.68 Å². The summed E-state index contributed by atoms with van der Waals surface area (Å²) in [6, 6.07) is 3.20. The summed E-state index contributed by atoms with van der Waals surface area (Å²) < 4.78 is 28.4. The lowest BCUT2D eigenvalue weighted by molar-refractivity contribution is 0.581. The molecule has 21 heavy (non-hydrogen) atoms. The van der Waals surface area contributed by atoms with Crippen molar-refractivity contribution >= 4 is 15.8 Å². The summed E-state index contributed by atoms with van der Waals surface area (Å²) in [5.74, 6) is 0.669. The molecule has 0 atom stereocenters. The van der Waals surface area contributed by atoms with Crippen LogP contribution in [-0.4, -0.2) is 29.7 Å². The number of nitrogens with one attached hydrogen (secondary N) is 2. The summed E-state index contributed by atoms with van der Waals surface area (Å²) >= 11 is 0. The van der Waals surface area contributed by atoms with Gasteiger partial charge in [-0.1, -0.05) is 6.92 Å². The van der Waals surface area contributed by atoms with Gasteiger partial charge in [0.1, 0.15) is 10.7 Å². The van der Waals surface area contributed by atoms with Gasteiger partial charge in [-0.05, 0) is 18.6 Å². The quantitative estimate of drug-likeness (QED) is 0.800. The van der Waals surface area contributed by atoms with Crippen molar-refractivity contribution in [1.82, 2.24) is 19.5 Å². The summed E-state index contributed by atoms with van der Waals surface area (Å²) in [5, 5.41) is 7.09. The molecule has 0 amide bonds. The highest BCUT2D eigenvalue weighted by Crippen LogP contribution is 2.11. The molecule has 0 spiro atoms. The van der Waals surface area contributed by atoms with Crippen LogP contribution in [0, 0.1) is 0 Å². The van der Waals surface area contributed by atoms with E-state index in [1.54, 1.807) is 30.2 Å². The Morgan fingerprint density at radius 3 is 2.67 bits per heavy atom. The van der Waals surface area contributed by atoms with Crippen LogP contribution in [0.15, 0.2) is 35.6 Å². The largest absolute Gasteiger partial charge is 0.370 e. The standard InChI is InChI=1S/C13H19N5O2S/c1-3-6-14-13-5-4-12(9-15-13)21(19,20)17-8-11-7-16-18(2)10-11/h4-5,7,9-10,17H,3,6,8H2,1-2H3,(H,14,15). The highest BCUT2D eigenvalue weighted by atomic mass is 32.2. The smallest absolute Gasteiger partial charge is 0.242 e. The van der Waals surface area contributed by atoms with Gasteiger partial charge in [-0.2, -0.15) is 5.10 Å². The third-order valence-electron chi connectivity index (χ3n) is 2.83. The van der Waals surface area contributed by atoms with Crippen LogP contribution in [0.3, 0.4) is 0 Å². The molecule has 8 heteroatoms. The van der Waals surface area contributed by atoms with Crippen LogP contribution >= 0.6 is 0 Å². The highest BCUT2D eigenvalue weighted by molar-refractivity contribution is 7.89. The van der Waals surface area contributed by atoms with E-state index >= 15 is 0 Å². The SMILES string of the molecule is CCCNc1ccc(S(=O)(=O)NCc2cnn(C)c2)cn1. The second-order valence-corrected chi connectivity index (χ2v) is 6.42. The molecule has 2 heterocycles. The summed E-state index contributed by atoms with van der Waals surface area (Å²) in [7, 11) is -1.78. The van der Waals surface area contributed by atoms with Crippen molar-refractivity contribution in [2.45, 2.75) is 24.8 Å². The van der Waals surface area contributed by atoms with Gasteiger partial charge in [0.05, 0.1) is 6.20 Å². The molecular weight excluding hydrogens is 290 g/mol. The minimum absolute atomic E-state index is 0.147. The Morgan fingerprint density at radius 1 is 1.29 bits per heavy atom. The average molecular weight is 309 g/mol. The summed E-state index contributed by atoms with van der Waals surface area (Å²) in [5.41, 5.74) is 0.801. The predicted molar refractivity (Wildman–Crippen MR) is 80.3 cm³/mol. The van der Waals surface area contributed by atoms with Crippen molar-refractivity contribution < 1.29 is 8.42 Å². The van der Waals surface area contributed by atoms with Gasteiger partial charge in [0.15, 0.2) is 0 Å². The Balaban J connectivity index is 2.01. The molecule has 2 N–H and O–H groups in total. The molecule has 2 aromatic heterocycles. The molecule has 2 aromatic rings. The van der Waals surface area contributed by atoms with Crippen molar-refractivity contribution in [1.29, 1.82) is 0 Å². The van der Waals surface area contributed by atoms with Crippen LogP contribution in [0.1, 0.15) is 18.9 Å². The van der Waals surface area contributed by atoms with E-state index in [1.807, 2.05) is 6.92 Å². The normalized spacial score (nSPS) is 11.5. The molecule has 7 nitrogen and oxygen atoms in total. The van der Waals surface area contributed by atoms with Gasteiger partial charge < -0.3 is 5.32 Å². The van der Waals surface area contributed by atoms with E-state index in [0.29, 0.717) is 5.82 Å². The van der Waals surface area contributed by atoms with Gasteiger partial charge in [0, 0.05) is 38.1 Å². The number of aromatic nitrogens is 3. The molecule has 2 rings (SSSR count). The summed E-state index contributed by atoms with van der Waals surface area (Å²) in [6.07, 6.45) is 5.72. The number of nitrogens with zero attached hydrogens (tertiary/aromatic N) is 3. The molecule has 0 radical (unpaired) electrons. The summed E-state index contributed by atoms with van der Waals surface area (Å²) in [4.78, 5) is 4.24. The highest BCUT2D eigenvalue weighted by Gasteiger charge is 2.14. The van der Waals surface area contributed by atoms with Crippen LogP contribution < -0.4 is 10.0 Å². The Morgan fingerprint density at radius 2 is 2.10 bits per heavy atom. The number of anilines is 1. The molecule has 0 saturated carbocycles. The molecular formula is C13H19N5O2S. The van der Waals surface area contributed by atoms with Crippen molar-refractivity contribution in [2.75, 3.05) is 11.9 Å². The topological polar surface area (TPSA) is 88.9 Å². The molecule has 0 aromatic carbocycles. The van der Waals surface area contributed by atoms with Gasteiger partial charge in [0.25, 0.3) is 0 Å². The molecule has 0 fully saturated rings. The second kappa shape index (κ2) is 6.68. The number of pyridine rings is 1. The van der Waals surface area contributed by atoms with Gasteiger partial charge >= 0.3 is 0 Å². The van der Waals surface area contributed by atoms with E-state index < -0.39 is 10.0 Å². The third kappa shape index (κ3) is 4.27. The Hall–Kier alpha value is -1.93. The first-order valence-corrected chi connectivity index (χ1v) is 8.16. The lowest BCUT2D eigenvalue weighted by atomic mass is 10.4. The second-order valence-electron chi connectivity index (χ2n) is 4.65. The molecule has 0 aliphatic carbocycles. The third-order valence-corrected chi connectivity index (χ3v) is 4.21. The fourth-order valence-electron chi connectivity index (χ4n) is 1.72. The van der Waals surface area contributed by atoms with E-state index in [1.165, 1.54) is 12.3 Å². The zero-order chi connectivity index (χ0) is 15.3. The fourth-order valence-corrected chi connectivity index (χ4v) is 2.68. The van der Waals surface area contributed by atoms with E-state index in [0.717, 1.165) is 18.5 Å². The Bertz CT molecular complexity index is 679. The predicted octanol–water partition coefficient (Wildman–Crippen LogP) is 1.12. The number of aryl methyl sites for hydroxylation is 1. The number of rotatable bonds is 7. The van der Waals surface area contributed by atoms with Crippen molar-refractivity contribution in [3.05, 3.63) is 36.3 Å². The van der Waals surface area contributed by atoms with Crippen LogP contribution in [0.2, 0.25) is 0 Å². The average Bonchev–Trinajstić information content (AvgIpc) is 2.89. The Kier molecular flexibility index (Phi) is 4.92. The van der Waals surface area contributed by atoms with Gasteiger partial charge in [-0.25, -0.2) is 18.1 Å². The zero-order valence-corrected chi connectivity index (χ0v) is 12.9. The monoisotopic (exact) mass is 309 g/mol. The van der Waals surface area contributed by atoms with Gasteiger partial charge in [-0.15, -0.1) is 0 Å². The first kappa shape index (κ1) is 15.5. The summed E-state index contributed by atoms with van der Waals surface area (Å²) in [6.45, 7) is 3.05. The molecule has 0 unspecified atom stereocenters. The first-order chi connectivity index (χ1) is 10.0. The molecule has 0 aliphatic rings. The van der Waals surface area contributed by atoms with E-state index in [9.17, 15) is 8.42 Å². The molecule has 114 valence electrons. The van der Waals surface area contributed by atoms with Gasteiger partial charge in [0.2, 0.25) is 10.0 Å². The maximum atomic E-state index is 12.1. The molecule has 0 saturated heterocycles. The number of hydrogen-bond acceptors (Lipinski definition) is 5. The zero-order valence-electron chi connectivity index (χ0n) is 12.1. The maximum Gasteiger partial charge on any atom is 0.242 e. The lowest BCUT2D eigenvalue weighted by Gasteiger charge is -2.07. The van der Waals surface area contributed by atoms with Crippen molar-refractivity contribution in [3.63, 3.8) is 0 Å². The fraction of sp³-hybridized carbons (Fsp3) is 0.385. The van der Waals surface area contributed by atoms with Crippen LogP contribution in [0.4, 0.5) is 5.82 Å². The Labute approximate surface area is 124 Å². The van der Waals surface area contributed by atoms with E-state index in [-0.39, 0.29) is 11.4 Å². The van der Waals surface area contributed by atoms with Crippen molar-refractivity contribution in [3.8, 4) is 0 Å².